The van der Waals surface area contributed by atoms with Crippen molar-refractivity contribution in [2.45, 2.75) is 45.1 Å². The van der Waals surface area contributed by atoms with Crippen LogP contribution < -0.4 is 5.32 Å². The number of piperidine rings is 1. The number of hydrogen-bond acceptors (Lipinski definition) is 3. The molecule has 5 heteroatoms. The number of nitrogens with zero attached hydrogens (tertiary/aromatic N) is 2. The summed E-state index contributed by atoms with van der Waals surface area (Å²) < 4.78 is 0. The summed E-state index contributed by atoms with van der Waals surface area (Å²) in [5.41, 5.74) is 0. The highest BCUT2D eigenvalue weighted by Crippen LogP contribution is 2.22. The van der Waals surface area contributed by atoms with Gasteiger partial charge in [0.1, 0.15) is 0 Å². The molecule has 0 saturated carbocycles. The topological polar surface area (TPSA) is 52.7 Å². The van der Waals surface area contributed by atoms with Crippen LogP contribution in [0.1, 0.15) is 39.0 Å². The molecule has 1 atom stereocenters. The summed E-state index contributed by atoms with van der Waals surface area (Å²) in [6.07, 6.45) is 4.38. The number of hydrogen-bond donors (Lipinski definition) is 1. The van der Waals surface area contributed by atoms with Crippen LogP contribution in [0.4, 0.5) is 0 Å². The molecule has 0 bridgehead atoms. The van der Waals surface area contributed by atoms with Crippen molar-refractivity contribution in [3.63, 3.8) is 0 Å². The lowest BCUT2D eigenvalue weighted by Crippen LogP contribution is -2.48. The van der Waals surface area contributed by atoms with Gasteiger partial charge in [0, 0.05) is 26.6 Å². The Bertz CT molecular complexity index is 323. The van der Waals surface area contributed by atoms with Crippen LogP contribution in [0.15, 0.2) is 0 Å². The van der Waals surface area contributed by atoms with Gasteiger partial charge < -0.3 is 10.2 Å². The third-order valence-corrected chi connectivity index (χ3v) is 4.15. The number of nitrogens with one attached hydrogen (secondary N) is 1. The molecule has 20 heavy (non-hydrogen) atoms. The summed E-state index contributed by atoms with van der Waals surface area (Å²) in [5, 5.41) is 2.67. The Morgan fingerprint density at radius 3 is 2.35 bits per heavy atom. The molecule has 5 nitrogen and oxygen atoms in total. The van der Waals surface area contributed by atoms with Crippen LogP contribution in [0.3, 0.4) is 0 Å². The zero-order valence-electron chi connectivity index (χ0n) is 13.3. The van der Waals surface area contributed by atoms with Crippen molar-refractivity contribution in [2.75, 3.05) is 34.2 Å². The Hall–Kier alpha value is -1.10. The third kappa shape index (κ3) is 4.78. The van der Waals surface area contributed by atoms with Gasteiger partial charge in [-0.2, -0.15) is 0 Å². The monoisotopic (exact) mass is 283 g/mol. The van der Waals surface area contributed by atoms with Crippen molar-refractivity contribution in [3.05, 3.63) is 0 Å². The summed E-state index contributed by atoms with van der Waals surface area (Å²) in [5.74, 6) is 0.769. The van der Waals surface area contributed by atoms with Gasteiger partial charge in [-0.25, -0.2) is 0 Å². The standard InChI is InChI=1S/C15H29N3O2/c1-5-6-13(17(3)4)15(20)18-9-7-12(8-10-18)11-14(19)16-2/h12-13H,5-11H2,1-4H3,(H,16,19). The van der Waals surface area contributed by atoms with Crippen LogP contribution in [0.25, 0.3) is 0 Å². The maximum Gasteiger partial charge on any atom is 0.239 e. The van der Waals surface area contributed by atoms with Crippen molar-refractivity contribution in [1.29, 1.82) is 0 Å². The number of likely N-dealkylation sites (tertiary alicyclic amines) is 1. The molecule has 0 aromatic carbocycles. The minimum Gasteiger partial charge on any atom is -0.359 e. The molecule has 116 valence electrons. The molecule has 1 fully saturated rings. The number of carbonyl (C=O) groups is 2. The average Bonchev–Trinajstić information content (AvgIpc) is 2.44. The van der Waals surface area contributed by atoms with Gasteiger partial charge in [0.15, 0.2) is 0 Å². The number of carbonyl (C=O) groups excluding carboxylic acids is 2. The molecule has 1 unspecified atom stereocenters. The zero-order chi connectivity index (χ0) is 15.1. The first-order valence-corrected chi connectivity index (χ1v) is 7.65. The maximum absolute atomic E-state index is 12.5. The van der Waals surface area contributed by atoms with Crippen LogP contribution >= 0.6 is 0 Å². The van der Waals surface area contributed by atoms with Gasteiger partial charge >= 0.3 is 0 Å². The number of likely N-dealkylation sites (N-methyl/N-ethyl adjacent to an activating group) is 1. The van der Waals surface area contributed by atoms with Crippen LogP contribution in [0, 0.1) is 5.92 Å². The molecular weight excluding hydrogens is 254 g/mol. The highest BCUT2D eigenvalue weighted by atomic mass is 16.2. The lowest BCUT2D eigenvalue weighted by Gasteiger charge is -2.35. The van der Waals surface area contributed by atoms with Gasteiger partial charge in [0.25, 0.3) is 0 Å². The Balaban J connectivity index is 2.47. The first-order chi connectivity index (χ1) is 9.49. The summed E-state index contributed by atoms with van der Waals surface area (Å²) in [4.78, 5) is 27.9. The van der Waals surface area contributed by atoms with E-state index < -0.39 is 0 Å². The summed E-state index contributed by atoms with van der Waals surface area (Å²) in [6.45, 7) is 3.68. The molecule has 1 rings (SSSR count). The van der Waals surface area contributed by atoms with Gasteiger partial charge in [-0.15, -0.1) is 0 Å². The number of amides is 2. The molecule has 1 saturated heterocycles. The Kier molecular flexibility index (Phi) is 6.99. The lowest BCUT2D eigenvalue weighted by atomic mass is 9.92. The summed E-state index contributed by atoms with van der Waals surface area (Å²) in [7, 11) is 5.61. The van der Waals surface area contributed by atoms with E-state index in [-0.39, 0.29) is 17.9 Å². The molecule has 1 N–H and O–H groups in total. The van der Waals surface area contributed by atoms with Crippen molar-refractivity contribution in [3.8, 4) is 0 Å². The molecule has 1 aliphatic heterocycles. The molecule has 1 aliphatic rings. The fourth-order valence-electron chi connectivity index (χ4n) is 2.81. The molecule has 2 amide bonds. The smallest absolute Gasteiger partial charge is 0.239 e. The first-order valence-electron chi connectivity index (χ1n) is 7.65. The van der Waals surface area contributed by atoms with E-state index in [1.54, 1.807) is 7.05 Å². The maximum atomic E-state index is 12.5. The van der Waals surface area contributed by atoms with E-state index in [1.165, 1.54) is 0 Å². The minimum atomic E-state index is -0.00418. The second-order valence-corrected chi connectivity index (χ2v) is 5.91. The van der Waals surface area contributed by atoms with E-state index in [4.69, 9.17) is 0 Å². The number of rotatable bonds is 6. The quantitative estimate of drug-likeness (QED) is 0.794. The van der Waals surface area contributed by atoms with Crippen LogP contribution in [0.2, 0.25) is 0 Å². The van der Waals surface area contributed by atoms with Crippen LogP contribution in [0.5, 0.6) is 0 Å². The second-order valence-electron chi connectivity index (χ2n) is 5.91. The SMILES string of the molecule is CCCC(C(=O)N1CCC(CC(=O)NC)CC1)N(C)C. The molecule has 0 aromatic heterocycles. The van der Waals surface area contributed by atoms with Gasteiger partial charge in [-0.05, 0) is 39.3 Å². The van der Waals surface area contributed by atoms with Crippen LogP contribution in [-0.2, 0) is 9.59 Å². The van der Waals surface area contributed by atoms with Crippen molar-refractivity contribution >= 4 is 11.8 Å². The van der Waals surface area contributed by atoms with Gasteiger partial charge in [0.2, 0.25) is 11.8 Å². The molecule has 0 radical (unpaired) electrons. The Morgan fingerprint density at radius 2 is 1.90 bits per heavy atom. The van der Waals surface area contributed by atoms with Crippen molar-refractivity contribution in [2.24, 2.45) is 5.92 Å². The highest BCUT2D eigenvalue weighted by molar-refractivity contribution is 5.82. The average molecular weight is 283 g/mol. The molecule has 0 spiro atoms. The van der Waals surface area contributed by atoms with Gasteiger partial charge in [-0.3, -0.25) is 14.5 Å². The first kappa shape index (κ1) is 17.0. The molecular formula is C15H29N3O2. The second kappa shape index (κ2) is 8.25. The van der Waals surface area contributed by atoms with E-state index in [1.807, 2.05) is 23.9 Å². The highest BCUT2D eigenvalue weighted by Gasteiger charge is 2.29. The van der Waals surface area contributed by atoms with Crippen molar-refractivity contribution < 1.29 is 9.59 Å². The summed E-state index contributed by atoms with van der Waals surface area (Å²) in [6, 6.07) is -0.00418. The van der Waals surface area contributed by atoms with E-state index in [2.05, 4.69) is 12.2 Å². The van der Waals surface area contributed by atoms with E-state index >= 15 is 0 Å². The van der Waals surface area contributed by atoms with Gasteiger partial charge in [0.05, 0.1) is 6.04 Å². The largest absolute Gasteiger partial charge is 0.359 e. The predicted molar refractivity (Wildman–Crippen MR) is 80.4 cm³/mol. The zero-order valence-corrected chi connectivity index (χ0v) is 13.3. The van der Waals surface area contributed by atoms with Gasteiger partial charge in [-0.1, -0.05) is 13.3 Å². The third-order valence-electron chi connectivity index (χ3n) is 4.15. The fourth-order valence-corrected chi connectivity index (χ4v) is 2.81. The normalized spacial score (nSPS) is 18.1. The predicted octanol–water partition coefficient (Wildman–Crippen LogP) is 1.09. The molecule has 0 aliphatic carbocycles. The Labute approximate surface area is 122 Å². The minimum absolute atomic E-state index is 0.00418. The fraction of sp³-hybridized carbons (Fsp3) is 0.867. The lowest BCUT2D eigenvalue weighted by molar-refractivity contribution is -0.137. The van der Waals surface area contributed by atoms with Crippen molar-refractivity contribution in [1.82, 2.24) is 15.1 Å². The van der Waals surface area contributed by atoms with E-state index in [0.717, 1.165) is 38.8 Å². The molecule has 1 heterocycles. The Morgan fingerprint density at radius 1 is 1.30 bits per heavy atom. The van der Waals surface area contributed by atoms with Crippen LogP contribution in [-0.4, -0.2) is 61.9 Å². The molecule has 0 aromatic rings. The van der Waals surface area contributed by atoms with E-state index in [9.17, 15) is 9.59 Å². The summed E-state index contributed by atoms with van der Waals surface area (Å²) >= 11 is 0. The van der Waals surface area contributed by atoms with E-state index in [0.29, 0.717) is 12.3 Å².